The Morgan fingerprint density at radius 1 is 0.697 bits per heavy atom. The predicted octanol–water partition coefficient (Wildman–Crippen LogP) is 5.20. The van der Waals surface area contributed by atoms with Gasteiger partial charge in [-0.2, -0.15) is 0 Å². The molecule has 33 heavy (non-hydrogen) atoms. The summed E-state index contributed by atoms with van der Waals surface area (Å²) in [5.41, 5.74) is 3.43. The molecule has 0 aromatic heterocycles. The molecular formula is C28H22N2O3. The number of aryl methyl sites for hydroxylation is 1. The van der Waals surface area contributed by atoms with Gasteiger partial charge in [0, 0.05) is 0 Å². The van der Waals surface area contributed by atoms with Gasteiger partial charge in [0.05, 0.1) is 17.4 Å². The lowest BCUT2D eigenvalue weighted by atomic mass is 9.87. The van der Waals surface area contributed by atoms with Gasteiger partial charge >= 0.3 is 0 Å². The maximum Gasteiger partial charge on any atom is 0.266 e. The van der Waals surface area contributed by atoms with Crippen LogP contribution in [-0.2, 0) is 14.4 Å². The van der Waals surface area contributed by atoms with Crippen LogP contribution in [0.1, 0.15) is 17.2 Å². The summed E-state index contributed by atoms with van der Waals surface area (Å²) in [5.74, 6) is -1.20. The fourth-order valence-corrected chi connectivity index (χ4v) is 4.99. The molecule has 0 bridgehead atoms. The number of amides is 2. The van der Waals surface area contributed by atoms with E-state index in [1.165, 1.54) is 4.90 Å². The van der Waals surface area contributed by atoms with E-state index in [2.05, 4.69) is 18.2 Å². The van der Waals surface area contributed by atoms with Crippen LogP contribution in [-0.4, -0.2) is 17.9 Å². The van der Waals surface area contributed by atoms with E-state index in [0.717, 1.165) is 27.6 Å². The van der Waals surface area contributed by atoms with E-state index in [1.807, 2.05) is 85.8 Å². The molecule has 0 unspecified atom stereocenters. The molecule has 4 aromatic rings. The Hall–Kier alpha value is -3.96. The molecule has 5 heteroatoms. The van der Waals surface area contributed by atoms with Gasteiger partial charge in [-0.15, -0.1) is 0 Å². The van der Waals surface area contributed by atoms with E-state index >= 15 is 0 Å². The fourth-order valence-electron chi connectivity index (χ4n) is 4.99. The van der Waals surface area contributed by atoms with Gasteiger partial charge in [0.1, 0.15) is 5.92 Å². The molecule has 2 saturated heterocycles. The van der Waals surface area contributed by atoms with E-state index in [1.54, 1.807) is 5.06 Å². The van der Waals surface area contributed by atoms with Gasteiger partial charge in [0.2, 0.25) is 5.91 Å². The largest absolute Gasteiger partial charge is 0.273 e. The second kappa shape index (κ2) is 7.57. The van der Waals surface area contributed by atoms with Crippen LogP contribution >= 0.6 is 0 Å². The molecule has 162 valence electrons. The summed E-state index contributed by atoms with van der Waals surface area (Å²) in [4.78, 5) is 34.8. The highest BCUT2D eigenvalue weighted by Crippen LogP contribution is 2.48. The molecule has 2 fully saturated rings. The summed E-state index contributed by atoms with van der Waals surface area (Å²) in [5, 5.41) is 3.88. The van der Waals surface area contributed by atoms with Gasteiger partial charge in [-0.25, -0.2) is 9.96 Å². The molecule has 5 nitrogen and oxygen atoms in total. The second-order valence-corrected chi connectivity index (χ2v) is 8.57. The maximum absolute atomic E-state index is 13.8. The molecule has 6 rings (SSSR count). The molecule has 0 saturated carbocycles. The lowest BCUT2D eigenvalue weighted by Gasteiger charge is -2.29. The lowest BCUT2D eigenvalue weighted by molar-refractivity contribution is -0.126. The summed E-state index contributed by atoms with van der Waals surface area (Å²) < 4.78 is 0. The van der Waals surface area contributed by atoms with Crippen molar-refractivity contribution in [3.63, 3.8) is 0 Å². The minimum atomic E-state index is -0.872. The number of benzene rings is 4. The first-order valence-electron chi connectivity index (χ1n) is 11.1. The van der Waals surface area contributed by atoms with Crippen molar-refractivity contribution < 1.29 is 14.4 Å². The number of imide groups is 1. The van der Waals surface area contributed by atoms with Gasteiger partial charge < -0.3 is 0 Å². The molecule has 2 heterocycles. The molecule has 3 atom stereocenters. The summed E-state index contributed by atoms with van der Waals surface area (Å²) in [6.07, 6.45) is -0.872. The van der Waals surface area contributed by atoms with Crippen LogP contribution < -0.4 is 9.96 Å². The summed E-state index contributed by atoms with van der Waals surface area (Å²) in [6, 6.07) is 30.8. The molecule has 2 amide bonds. The number of hydroxylamine groups is 1. The van der Waals surface area contributed by atoms with E-state index in [-0.39, 0.29) is 11.8 Å². The smallest absolute Gasteiger partial charge is 0.266 e. The zero-order valence-corrected chi connectivity index (χ0v) is 18.1. The highest BCUT2D eigenvalue weighted by molar-refractivity contribution is 6.24. The Bertz CT molecular complexity index is 1360. The number of fused-ring (bicyclic) bond motifs is 2. The first-order chi connectivity index (χ1) is 16.1. The number of rotatable bonds is 3. The normalized spacial score (nSPS) is 22.3. The predicted molar refractivity (Wildman–Crippen MR) is 128 cm³/mol. The average Bonchev–Trinajstić information content (AvgIpc) is 3.36. The zero-order chi connectivity index (χ0) is 22.5. The van der Waals surface area contributed by atoms with Gasteiger partial charge in [-0.3, -0.25) is 14.4 Å². The first kappa shape index (κ1) is 19.7. The third-order valence-electron chi connectivity index (χ3n) is 6.56. The maximum atomic E-state index is 13.8. The number of hydrogen-bond acceptors (Lipinski definition) is 4. The highest BCUT2D eigenvalue weighted by Gasteiger charge is 2.60. The van der Waals surface area contributed by atoms with Gasteiger partial charge in [0.25, 0.3) is 5.91 Å². The Kier molecular flexibility index (Phi) is 4.52. The van der Waals surface area contributed by atoms with Gasteiger partial charge in [-0.05, 0) is 47.5 Å². The number of para-hydroxylation sites is 1. The Morgan fingerprint density at radius 3 is 2.18 bits per heavy atom. The van der Waals surface area contributed by atoms with Crippen LogP contribution in [0.2, 0.25) is 0 Å². The molecule has 2 aliphatic rings. The van der Waals surface area contributed by atoms with Gasteiger partial charge in [0.15, 0.2) is 6.10 Å². The van der Waals surface area contributed by atoms with Crippen molar-refractivity contribution in [1.29, 1.82) is 0 Å². The average molecular weight is 434 g/mol. The van der Waals surface area contributed by atoms with Crippen LogP contribution in [0.3, 0.4) is 0 Å². The van der Waals surface area contributed by atoms with Crippen molar-refractivity contribution >= 4 is 34.0 Å². The topological polar surface area (TPSA) is 49.9 Å². The number of hydrogen-bond donors (Lipinski definition) is 0. The first-order valence-corrected chi connectivity index (χ1v) is 11.1. The SMILES string of the molecule is Cc1ccc(N2C(=O)[C@@H]3[C@@H](ON(c4ccccc4)[C@H]3c3cccc4ccccc34)C2=O)cc1. The summed E-state index contributed by atoms with van der Waals surface area (Å²) in [6.45, 7) is 1.98. The number of anilines is 2. The molecule has 0 spiro atoms. The monoisotopic (exact) mass is 434 g/mol. The van der Waals surface area contributed by atoms with E-state index in [4.69, 9.17) is 4.84 Å². The van der Waals surface area contributed by atoms with Crippen LogP contribution in [0, 0.1) is 12.8 Å². The van der Waals surface area contributed by atoms with Crippen molar-refractivity contribution in [2.75, 3.05) is 9.96 Å². The standard InChI is InChI=1S/C28H22N2O3/c1-18-14-16-20(17-15-18)29-27(31)24-25(23-13-7-9-19-8-5-6-12-22(19)23)30(33-26(24)28(29)32)21-10-3-2-4-11-21/h2-17,24-26H,1H3/t24-,25-,26+/m0/s1. The highest BCUT2D eigenvalue weighted by atomic mass is 16.7. The minimum absolute atomic E-state index is 0.231. The molecular weight excluding hydrogens is 412 g/mol. The van der Waals surface area contributed by atoms with Crippen molar-refractivity contribution in [2.45, 2.75) is 19.1 Å². The van der Waals surface area contributed by atoms with E-state index in [0.29, 0.717) is 5.69 Å². The van der Waals surface area contributed by atoms with Crippen LogP contribution in [0.5, 0.6) is 0 Å². The van der Waals surface area contributed by atoms with Crippen molar-refractivity contribution in [3.8, 4) is 0 Å². The fraction of sp³-hybridized carbons (Fsp3) is 0.143. The van der Waals surface area contributed by atoms with Crippen LogP contribution in [0.15, 0.2) is 97.1 Å². The molecule has 0 aliphatic carbocycles. The summed E-state index contributed by atoms with van der Waals surface area (Å²) >= 11 is 0. The summed E-state index contributed by atoms with van der Waals surface area (Å²) in [7, 11) is 0. The van der Waals surface area contributed by atoms with Crippen LogP contribution in [0.25, 0.3) is 10.8 Å². The molecule has 0 N–H and O–H groups in total. The van der Waals surface area contributed by atoms with Crippen molar-refractivity contribution in [1.82, 2.24) is 0 Å². The Labute approximate surface area is 191 Å². The minimum Gasteiger partial charge on any atom is -0.273 e. The Morgan fingerprint density at radius 2 is 1.39 bits per heavy atom. The molecule has 4 aromatic carbocycles. The van der Waals surface area contributed by atoms with E-state index in [9.17, 15) is 9.59 Å². The second-order valence-electron chi connectivity index (χ2n) is 8.57. The number of nitrogens with zero attached hydrogens (tertiary/aromatic N) is 2. The van der Waals surface area contributed by atoms with Crippen LogP contribution in [0.4, 0.5) is 11.4 Å². The van der Waals surface area contributed by atoms with Crippen molar-refractivity contribution in [3.05, 3.63) is 108 Å². The third-order valence-corrected chi connectivity index (χ3v) is 6.56. The number of carbonyl (C=O) groups is 2. The molecule has 2 aliphatic heterocycles. The van der Waals surface area contributed by atoms with Gasteiger partial charge in [-0.1, -0.05) is 78.4 Å². The quantitative estimate of drug-likeness (QED) is 0.416. The molecule has 0 radical (unpaired) electrons. The van der Waals surface area contributed by atoms with E-state index < -0.39 is 18.1 Å². The Balaban J connectivity index is 1.50. The third kappa shape index (κ3) is 3.04. The van der Waals surface area contributed by atoms with Crippen molar-refractivity contribution in [2.24, 2.45) is 5.92 Å². The zero-order valence-electron chi connectivity index (χ0n) is 18.1. The number of carbonyl (C=O) groups excluding carboxylic acids is 2. The lowest BCUT2D eigenvalue weighted by Crippen LogP contribution is -2.37.